The summed E-state index contributed by atoms with van der Waals surface area (Å²) in [5.74, 6) is 0.825. The van der Waals surface area contributed by atoms with Crippen LogP contribution in [0, 0.1) is 5.92 Å². The highest BCUT2D eigenvalue weighted by molar-refractivity contribution is 4.80. The van der Waals surface area contributed by atoms with Gasteiger partial charge >= 0.3 is 0 Å². The number of ether oxygens (including phenoxy) is 1. The van der Waals surface area contributed by atoms with Crippen molar-refractivity contribution in [3.8, 4) is 0 Å². The van der Waals surface area contributed by atoms with E-state index in [2.05, 4.69) is 11.9 Å². The molecule has 1 aliphatic heterocycles. The van der Waals surface area contributed by atoms with E-state index in [-0.39, 0.29) is 0 Å². The van der Waals surface area contributed by atoms with Crippen molar-refractivity contribution in [2.45, 2.75) is 44.2 Å². The average molecular weight is 212 g/mol. The van der Waals surface area contributed by atoms with Gasteiger partial charge in [0.15, 0.2) is 0 Å². The van der Waals surface area contributed by atoms with Crippen LogP contribution in [0.5, 0.6) is 0 Å². The minimum Gasteiger partial charge on any atom is -0.377 e. The fourth-order valence-corrected chi connectivity index (χ4v) is 2.93. The lowest BCUT2D eigenvalue weighted by atomic mass is 10.1. The van der Waals surface area contributed by atoms with Crippen molar-refractivity contribution in [3.05, 3.63) is 0 Å². The second-order valence-electron chi connectivity index (χ2n) is 5.30. The molecule has 1 saturated heterocycles. The van der Waals surface area contributed by atoms with Crippen LogP contribution in [0.2, 0.25) is 0 Å². The zero-order valence-corrected chi connectivity index (χ0v) is 9.82. The zero-order valence-electron chi connectivity index (χ0n) is 9.82. The lowest BCUT2D eigenvalue weighted by Crippen LogP contribution is -2.32. The van der Waals surface area contributed by atoms with Crippen LogP contribution >= 0.6 is 0 Å². The van der Waals surface area contributed by atoms with Crippen LogP contribution in [-0.4, -0.2) is 43.8 Å². The first-order valence-corrected chi connectivity index (χ1v) is 6.30. The molecule has 15 heavy (non-hydrogen) atoms. The van der Waals surface area contributed by atoms with Crippen molar-refractivity contribution < 1.29 is 4.74 Å². The van der Waals surface area contributed by atoms with E-state index in [1.165, 1.54) is 38.6 Å². The van der Waals surface area contributed by atoms with Gasteiger partial charge in [-0.3, -0.25) is 0 Å². The first kappa shape index (κ1) is 11.4. The summed E-state index contributed by atoms with van der Waals surface area (Å²) in [6.07, 6.45) is 6.73. The van der Waals surface area contributed by atoms with Gasteiger partial charge < -0.3 is 15.4 Å². The van der Waals surface area contributed by atoms with Crippen molar-refractivity contribution in [1.29, 1.82) is 0 Å². The molecule has 0 aromatic heterocycles. The maximum absolute atomic E-state index is 5.92. The van der Waals surface area contributed by atoms with Gasteiger partial charge in [0.1, 0.15) is 0 Å². The van der Waals surface area contributed by atoms with Crippen LogP contribution in [0.15, 0.2) is 0 Å². The van der Waals surface area contributed by atoms with Gasteiger partial charge in [0, 0.05) is 25.7 Å². The number of nitrogens with two attached hydrogens (primary N) is 1. The van der Waals surface area contributed by atoms with Crippen LogP contribution < -0.4 is 5.73 Å². The normalized spacial score (nSPS) is 36.6. The third-order valence-corrected chi connectivity index (χ3v) is 3.69. The third-order valence-electron chi connectivity index (χ3n) is 3.69. The van der Waals surface area contributed by atoms with Crippen molar-refractivity contribution in [2.75, 3.05) is 26.7 Å². The first-order chi connectivity index (χ1) is 7.24. The van der Waals surface area contributed by atoms with Gasteiger partial charge in [0.05, 0.1) is 6.10 Å². The van der Waals surface area contributed by atoms with E-state index in [4.69, 9.17) is 10.5 Å². The smallest absolute Gasteiger partial charge is 0.0702 e. The summed E-state index contributed by atoms with van der Waals surface area (Å²) < 4.78 is 5.64. The van der Waals surface area contributed by atoms with E-state index in [9.17, 15) is 0 Å². The van der Waals surface area contributed by atoms with Crippen LogP contribution in [0.1, 0.15) is 32.1 Å². The highest BCUT2D eigenvalue weighted by atomic mass is 16.5. The molecule has 2 N–H and O–H groups in total. The van der Waals surface area contributed by atoms with Crippen LogP contribution in [0.25, 0.3) is 0 Å². The molecule has 1 saturated carbocycles. The Bertz CT molecular complexity index is 192. The number of hydrogen-bond acceptors (Lipinski definition) is 3. The summed E-state index contributed by atoms with van der Waals surface area (Å²) in [5.41, 5.74) is 5.92. The van der Waals surface area contributed by atoms with Gasteiger partial charge in [-0.05, 0) is 45.1 Å². The first-order valence-electron chi connectivity index (χ1n) is 6.30. The van der Waals surface area contributed by atoms with Crippen molar-refractivity contribution in [2.24, 2.45) is 11.7 Å². The zero-order chi connectivity index (χ0) is 10.7. The second-order valence-corrected chi connectivity index (χ2v) is 5.30. The van der Waals surface area contributed by atoms with E-state index in [0.717, 1.165) is 19.1 Å². The molecule has 0 aromatic carbocycles. The number of hydrogen-bond donors (Lipinski definition) is 1. The maximum Gasteiger partial charge on any atom is 0.0702 e. The summed E-state index contributed by atoms with van der Waals surface area (Å²) >= 11 is 0. The topological polar surface area (TPSA) is 38.5 Å². The molecule has 0 aromatic rings. The second kappa shape index (κ2) is 5.28. The van der Waals surface area contributed by atoms with Gasteiger partial charge in [0.2, 0.25) is 0 Å². The highest BCUT2D eigenvalue weighted by Gasteiger charge is 2.24. The summed E-state index contributed by atoms with van der Waals surface area (Å²) in [7, 11) is 2.21. The summed E-state index contributed by atoms with van der Waals surface area (Å²) in [6, 6.07) is 0.464. The highest BCUT2D eigenvalue weighted by Crippen LogP contribution is 2.25. The van der Waals surface area contributed by atoms with Crippen LogP contribution in [0.4, 0.5) is 0 Å². The molecular formula is C12H24N2O. The molecule has 1 aliphatic carbocycles. The minimum absolute atomic E-state index is 0.464. The predicted octanol–water partition coefficient (Wildman–Crippen LogP) is 1.22. The third kappa shape index (κ3) is 3.44. The van der Waals surface area contributed by atoms with E-state index in [1.54, 1.807) is 0 Å². The van der Waals surface area contributed by atoms with E-state index < -0.39 is 0 Å². The molecule has 0 bridgehead atoms. The summed E-state index contributed by atoms with van der Waals surface area (Å²) in [4.78, 5) is 2.43. The standard InChI is InChI=1S/C12H24N2O/c1-14(9-12-3-2-6-15-12)8-10-4-5-11(13)7-10/h10-12H,2-9,13H2,1H3. The van der Waals surface area contributed by atoms with Gasteiger partial charge in [-0.15, -0.1) is 0 Å². The fourth-order valence-electron chi connectivity index (χ4n) is 2.93. The van der Waals surface area contributed by atoms with Crippen LogP contribution in [0.3, 0.4) is 0 Å². The van der Waals surface area contributed by atoms with E-state index in [1.807, 2.05) is 0 Å². The fraction of sp³-hybridized carbons (Fsp3) is 1.00. The SMILES string of the molecule is CN(CC1CCC(N)C1)CC1CCCO1. The molecule has 2 rings (SSSR count). The Balaban J connectivity index is 1.65. The van der Waals surface area contributed by atoms with E-state index in [0.29, 0.717) is 12.1 Å². The Kier molecular flexibility index (Phi) is 4.00. The lowest BCUT2D eigenvalue weighted by molar-refractivity contribution is 0.0768. The molecule has 0 amide bonds. The quantitative estimate of drug-likeness (QED) is 0.761. The Morgan fingerprint density at radius 2 is 2.13 bits per heavy atom. The molecule has 3 nitrogen and oxygen atoms in total. The van der Waals surface area contributed by atoms with Gasteiger partial charge in [0.25, 0.3) is 0 Å². The molecule has 1 heterocycles. The predicted molar refractivity (Wildman–Crippen MR) is 61.8 cm³/mol. The number of rotatable bonds is 4. The largest absolute Gasteiger partial charge is 0.377 e. The van der Waals surface area contributed by atoms with Crippen LogP contribution in [-0.2, 0) is 4.74 Å². The monoisotopic (exact) mass is 212 g/mol. The van der Waals surface area contributed by atoms with E-state index >= 15 is 0 Å². The Morgan fingerprint density at radius 1 is 1.27 bits per heavy atom. The number of nitrogens with zero attached hydrogens (tertiary/aromatic N) is 1. The summed E-state index contributed by atoms with van der Waals surface area (Å²) in [6.45, 7) is 3.27. The lowest BCUT2D eigenvalue weighted by Gasteiger charge is -2.23. The van der Waals surface area contributed by atoms with Crippen molar-refractivity contribution in [1.82, 2.24) is 4.90 Å². The molecule has 3 heteroatoms. The minimum atomic E-state index is 0.464. The molecule has 2 aliphatic rings. The Morgan fingerprint density at radius 3 is 2.73 bits per heavy atom. The molecule has 0 radical (unpaired) electrons. The molecule has 88 valence electrons. The van der Waals surface area contributed by atoms with Gasteiger partial charge in [-0.2, -0.15) is 0 Å². The molecule has 2 fully saturated rings. The maximum atomic E-state index is 5.92. The molecule has 3 atom stereocenters. The average Bonchev–Trinajstić information content (AvgIpc) is 2.77. The van der Waals surface area contributed by atoms with Crippen molar-refractivity contribution >= 4 is 0 Å². The Hall–Kier alpha value is -0.120. The molecule has 0 spiro atoms. The molecule has 3 unspecified atom stereocenters. The Labute approximate surface area is 93.0 Å². The summed E-state index contributed by atoms with van der Waals surface area (Å²) in [5, 5.41) is 0. The van der Waals surface area contributed by atoms with Crippen molar-refractivity contribution in [3.63, 3.8) is 0 Å². The van der Waals surface area contributed by atoms with Gasteiger partial charge in [-0.1, -0.05) is 0 Å². The number of likely N-dealkylation sites (N-methyl/N-ethyl adjacent to an activating group) is 1. The molecular weight excluding hydrogens is 188 g/mol. The van der Waals surface area contributed by atoms with Gasteiger partial charge in [-0.25, -0.2) is 0 Å².